The Labute approximate surface area is 110 Å². The molecule has 1 heterocycles. The topological polar surface area (TPSA) is 55.8 Å². The van der Waals surface area contributed by atoms with Crippen molar-refractivity contribution < 1.29 is 19.3 Å². The van der Waals surface area contributed by atoms with E-state index in [2.05, 4.69) is 0 Å². The van der Waals surface area contributed by atoms with Crippen LogP contribution in [0.25, 0.3) is 0 Å². The number of hydrogen-bond donors (Lipinski definition) is 1. The molecule has 0 radical (unpaired) electrons. The average molecular weight is 254 g/mol. The second-order valence-corrected chi connectivity index (χ2v) is 4.33. The summed E-state index contributed by atoms with van der Waals surface area (Å²) in [6.45, 7) is 0.576. The van der Waals surface area contributed by atoms with E-state index in [0.29, 0.717) is 25.6 Å². The first-order valence-corrected chi connectivity index (χ1v) is 5.94. The molecular weight excluding hydrogens is 243 g/mol. The van der Waals surface area contributed by atoms with Crippen LogP contribution in [-0.2, 0) is 11.3 Å². The fourth-order valence-electron chi connectivity index (χ4n) is 2.07. The number of carboxylic acid groups (broad SMARTS) is 1. The van der Waals surface area contributed by atoms with Crippen molar-refractivity contribution in [2.75, 3.05) is 0 Å². The number of hydrogen-bond acceptors (Lipinski definition) is 3. The minimum Gasteiger partial charge on any atom is -0.478 e. The summed E-state index contributed by atoms with van der Waals surface area (Å²) < 4.78 is 11.0. The van der Waals surface area contributed by atoms with E-state index < -0.39 is 5.97 Å². The highest BCUT2D eigenvalue weighted by atomic mass is 16.5. The van der Waals surface area contributed by atoms with Crippen molar-refractivity contribution in [3.8, 4) is 11.5 Å². The van der Waals surface area contributed by atoms with Gasteiger partial charge in [0, 0.05) is 0 Å². The predicted molar refractivity (Wildman–Crippen MR) is 71.5 cm³/mol. The SMILES string of the molecule is O=C(O)c1ccccc1Oc1ccc2c(c1)COB2. The summed E-state index contributed by atoms with van der Waals surface area (Å²) in [5, 5.41) is 9.10. The summed E-state index contributed by atoms with van der Waals surface area (Å²) in [5.41, 5.74) is 2.39. The van der Waals surface area contributed by atoms with Crippen molar-refractivity contribution >= 4 is 18.9 Å². The Hall–Kier alpha value is -2.27. The molecule has 5 heteroatoms. The first-order chi connectivity index (χ1) is 9.24. The third-order valence-electron chi connectivity index (χ3n) is 3.04. The zero-order chi connectivity index (χ0) is 13.2. The fraction of sp³-hybridized carbons (Fsp3) is 0.0714. The first kappa shape index (κ1) is 11.8. The molecule has 0 saturated heterocycles. The predicted octanol–water partition coefficient (Wildman–Crippen LogP) is 1.68. The van der Waals surface area contributed by atoms with E-state index in [1.807, 2.05) is 18.2 Å². The van der Waals surface area contributed by atoms with E-state index >= 15 is 0 Å². The Bertz CT molecular complexity index is 639. The number of carbonyl (C=O) groups is 1. The summed E-state index contributed by atoms with van der Waals surface area (Å²) in [4.78, 5) is 11.1. The number of rotatable bonds is 3. The molecule has 4 nitrogen and oxygen atoms in total. The minimum absolute atomic E-state index is 0.152. The van der Waals surface area contributed by atoms with E-state index in [0.717, 1.165) is 11.0 Å². The second kappa shape index (κ2) is 4.78. The number of ether oxygens (including phenoxy) is 1. The number of fused-ring (bicyclic) bond motifs is 1. The van der Waals surface area contributed by atoms with Gasteiger partial charge in [0.2, 0.25) is 0 Å². The molecule has 94 valence electrons. The lowest BCUT2D eigenvalue weighted by Crippen LogP contribution is -2.10. The van der Waals surface area contributed by atoms with Gasteiger partial charge in [0.1, 0.15) is 17.1 Å². The van der Waals surface area contributed by atoms with Crippen molar-refractivity contribution in [1.82, 2.24) is 0 Å². The summed E-state index contributed by atoms with van der Waals surface area (Å²) in [6.07, 6.45) is 0. The molecule has 0 aromatic heterocycles. The van der Waals surface area contributed by atoms with Gasteiger partial charge in [-0.15, -0.1) is 0 Å². The molecule has 0 amide bonds. The maximum absolute atomic E-state index is 11.1. The van der Waals surface area contributed by atoms with Gasteiger partial charge in [-0.3, -0.25) is 0 Å². The van der Waals surface area contributed by atoms with Crippen LogP contribution in [0.1, 0.15) is 15.9 Å². The van der Waals surface area contributed by atoms with Gasteiger partial charge in [-0.05, 0) is 35.3 Å². The maximum atomic E-state index is 11.1. The molecule has 0 saturated carbocycles. The van der Waals surface area contributed by atoms with E-state index in [1.165, 1.54) is 6.07 Å². The van der Waals surface area contributed by atoms with Crippen LogP contribution in [0.2, 0.25) is 0 Å². The lowest BCUT2D eigenvalue weighted by molar-refractivity contribution is 0.0694. The van der Waals surface area contributed by atoms with Crippen LogP contribution < -0.4 is 10.2 Å². The van der Waals surface area contributed by atoms with Crippen LogP contribution in [0.5, 0.6) is 11.5 Å². The molecule has 0 bridgehead atoms. The lowest BCUT2D eigenvalue weighted by atomic mass is 9.87. The van der Waals surface area contributed by atoms with Gasteiger partial charge >= 0.3 is 13.5 Å². The van der Waals surface area contributed by atoms with Crippen molar-refractivity contribution in [3.63, 3.8) is 0 Å². The Morgan fingerprint density at radius 2 is 2.11 bits per heavy atom. The van der Waals surface area contributed by atoms with Crippen LogP contribution >= 0.6 is 0 Å². The molecule has 3 rings (SSSR count). The summed E-state index contributed by atoms with van der Waals surface area (Å²) in [5.74, 6) is -0.0353. The normalized spacial score (nSPS) is 12.6. The second-order valence-electron chi connectivity index (χ2n) is 4.33. The molecule has 0 aliphatic carbocycles. The molecule has 1 aliphatic rings. The van der Waals surface area contributed by atoms with E-state index in [4.69, 9.17) is 14.5 Å². The number of aromatic carboxylic acids is 1. The van der Waals surface area contributed by atoms with Gasteiger partial charge in [-0.25, -0.2) is 4.79 Å². The molecule has 0 atom stereocenters. The zero-order valence-corrected chi connectivity index (χ0v) is 10.1. The van der Waals surface area contributed by atoms with Crippen molar-refractivity contribution in [2.45, 2.75) is 6.61 Å². The molecular formula is C14H11BO4. The molecule has 0 fully saturated rings. The lowest BCUT2D eigenvalue weighted by Gasteiger charge is -2.09. The van der Waals surface area contributed by atoms with E-state index in [9.17, 15) is 4.79 Å². The van der Waals surface area contributed by atoms with Gasteiger partial charge in [0.15, 0.2) is 0 Å². The van der Waals surface area contributed by atoms with Crippen molar-refractivity contribution in [1.29, 1.82) is 0 Å². The van der Waals surface area contributed by atoms with Crippen molar-refractivity contribution in [3.05, 3.63) is 53.6 Å². The van der Waals surface area contributed by atoms with Gasteiger partial charge in [-0.1, -0.05) is 18.2 Å². The molecule has 2 aromatic carbocycles. The highest BCUT2D eigenvalue weighted by Crippen LogP contribution is 2.26. The first-order valence-electron chi connectivity index (χ1n) is 5.94. The van der Waals surface area contributed by atoms with Crippen LogP contribution in [0, 0.1) is 0 Å². The highest BCUT2D eigenvalue weighted by Gasteiger charge is 2.15. The highest BCUT2D eigenvalue weighted by molar-refractivity contribution is 6.48. The van der Waals surface area contributed by atoms with Gasteiger partial charge in [0.05, 0.1) is 6.61 Å². The minimum atomic E-state index is -1.000. The molecule has 0 unspecified atom stereocenters. The largest absolute Gasteiger partial charge is 0.478 e. The van der Waals surface area contributed by atoms with Gasteiger partial charge in [0.25, 0.3) is 0 Å². The van der Waals surface area contributed by atoms with Gasteiger partial charge in [-0.2, -0.15) is 0 Å². The van der Waals surface area contributed by atoms with Crippen LogP contribution in [0.15, 0.2) is 42.5 Å². The number of benzene rings is 2. The third kappa shape index (κ3) is 2.32. The zero-order valence-electron chi connectivity index (χ0n) is 10.1. The Morgan fingerprint density at radius 1 is 1.26 bits per heavy atom. The Morgan fingerprint density at radius 3 is 2.95 bits per heavy atom. The molecule has 0 spiro atoms. The molecule has 19 heavy (non-hydrogen) atoms. The summed E-state index contributed by atoms with van der Waals surface area (Å²) in [7, 11) is 0.626. The van der Waals surface area contributed by atoms with Crippen molar-refractivity contribution in [2.24, 2.45) is 0 Å². The van der Waals surface area contributed by atoms with Crippen LogP contribution in [0.4, 0.5) is 0 Å². The standard InChI is InChI=1S/C14H11BO4/c16-14(17)11-3-1-2-4-13(11)19-10-5-6-12-9(7-10)8-18-15-12/h1-7,15H,8H2,(H,16,17). The number of carboxylic acids is 1. The Balaban J connectivity index is 1.91. The van der Waals surface area contributed by atoms with Crippen LogP contribution in [0.3, 0.4) is 0 Å². The third-order valence-corrected chi connectivity index (χ3v) is 3.04. The van der Waals surface area contributed by atoms with E-state index in [-0.39, 0.29) is 5.56 Å². The van der Waals surface area contributed by atoms with Gasteiger partial charge < -0.3 is 14.5 Å². The quantitative estimate of drug-likeness (QED) is 0.846. The maximum Gasteiger partial charge on any atom is 0.339 e. The molecule has 1 N–H and O–H groups in total. The molecule has 1 aliphatic heterocycles. The van der Waals surface area contributed by atoms with E-state index in [1.54, 1.807) is 18.2 Å². The number of para-hydroxylation sites is 1. The smallest absolute Gasteiger partial charge is 0.339 e. The Kier molecular flexibility index (Phi) is 2.97. The molecule has 2 aromatic rings. The summed E-state index contributed by atoms with van der Waals surface area (Å²) in [6, 6.07) is 12.3. The van der Waals surface area contributed by atoms with Crippen LogP contribution in [-0.4, -0.2) is 18.6 Å². The average Bonchev–Trinajstić information content (AvgIpc) is 2.86. The summed E-state index contributed by atoms with van der Waals surface area (Å²) >= 11 is 0. The fourth-order valence-corrected chi connectivity index (χ4v) is 2.07. The monoisotopic (exact) mass is 254 g/mol.